The van der Waals surface area contributed by atoms with Crippen molar-refractivity contribution in [1.82, 2.24) is 4.98 Å². The van der Waals surface area contributed by atoms with Crippen LogP contribution in [0.3, 0.4) is 0 Å². The van der Waals surface area contributed by atoms with Crippen LogP contribution in [0.5, 0.6) is 0 Å². The Morgan fingerprint density at radius 2 is 1.26 bits per heavy atom. The van der Waals surface area contributed by atoms with Crippen LogP contribution >= 0.6 is 0 Å². The molecule has 3 aromatic carbocycles. The van der Waals surface area contributed by atoms with Gasteiger partial charge in [-0.15, -0.1) is 34.9 Å². The largest absolute Gasteiger partial charge is 0.305 e. The summed E-state index contributed by atoms with van der Waals surface area (Å²) >= 11 is 0. The van der Waals surface area contributed by atoms with Gasteiger partial charge in [0.15, 0.2) is 0 Å². The monoisotopic (exact) mass is 621 g/mol. The maximum atomic E-state index is 4.65. The van der Waals surface area contributed by atoms with Crippen molar-refractivity contribution in [2.24, 2.45) is 0 Å². The third-order valence-electron chi connectivity index (χ3n) is 8.33. The molecule has 0 N–H and O–H groups in total. The van der Waals surface area contributed by atoms with Crippen LogP contribution in [0.4, 0.5) is 0 Å². The zero-order chi connectivity index (χ0) is 22.8. The van der Waals surface area contributed by atoms with Crippen LogP contribution in [0.25, 0.3) is 11.3 Å². The van der Waals surface area contributed by atoms with E-state index in [0.29, 0.717) is 0 Å². The quantitative estimate of drug-likeness (QED) is 0.200. The van der Waals surface area contributed by atoms with Crippen molar-refractivity contribution in [2.45, 2.75) is 56.8 Å². The van der Waals surface area contributed by atoms with Crippen LogP contribution in [-0.4, -0.2) is 4.98 Å². The van der Waals surface area contributed by atoms with Crippen molar-refractivity contribution in [2.75, 3.05) is 0 Å². The van der Waals surface area contributed by atoms with E-state index in [4.69, 9.17) is 0 Å². The second-order valence-corrected chi connectivity index (χ2v) is 10.9. The third kappa shape index (κ3) is 3.12. The molecule has 1 heterocycles. The van der Waals surface area contributed by atoms with Gasteiger partial charge in [0.2, 0.25) is 0 Å². The molecule has 34 heavy (non-hydrogen) atoms. The van der Waals surface area contributed by atoms with Gasteiger partial charge in [0.05, 0.1) is 0 Å². The van der Waals surface area contributed by atoms with Crippen molar-refractivity contribution < 1.29 is 20.1 Å². The molecule has 1 aromatic heterocycles. The molecule has 0 aliphatic heterocycles. The minimum atomic E-state index is -0.161. The molecule has 2 aliphatic rings. The van der Waals surface area contributed by atoms with Crippen LogP contribution < -0.4 is 0 Å². The first-order chi connectivity index (χ1) is 15.9. The fourth-order valence-corrected chi connectivity index (χ4v) is 6.49. The van der Waals surface area contributed by atoms with E-state index in [-0.39, 0.29) is 36.4 Å². The zero-order valence-corrected chi connectivity index (χ0v) is 22.7. The van der Waals surface area contributed by atoms with Crippen molar-refractivity contribution >= 4 is 0 Å². The van der Waals surface area contributed by atoms with Crippen molar-refractivity contribution in [1.29, 1.82) is 0 Å². The predicted molar refractivity (Wildman–Crippen MR) is 136 cm³/mol. The summed E-state index contributed by atoms with van der Waals surface area (Å²) in [5.74, 6) is 0. The van der Waals surface area contributed by atoms with Gasteiger partial charge < -0.3 is 4.98 Å². The van der Waals surface area contributed by atoms with E-state index in [2.05, 4.69) is 112 Å². The van der Waals surface area contributed by atoms with E-state index in [1.165, 1.54) is 33.4 Å². The van der Waals surface area contributed by atoms with Gasteiger partial charge in [0.25, 0.3) is 0 Å². The topological polar surface area (TPSA) is 12.9 Å². The summed E-state index contributed by atoms with van der Waals surface area (Å²) in [6, 6.07) is 32.7. The molecular weight excluding hydrogens is 591 g/mol. The number of rotatable bonds is 1. The van der Waals surface area contributed by atoms with E-state index in [1.54, 1.807) is 0 Å². The average Bonchev–Trinajstić information content (AvgIpc) is 2.84. The number of aromatic nitrogens is 1. The molecule has 0 amide bonds. The summed E-state index contributed by atoms with van der Waals surface area (Å²) in [5.41, 5.74) is 10.6. The average molecular weight is 621 g/mol. The zero-order valence-electron chi connectivity index (χ0n) is 20.3. The van der Waals surface area contributed by atoms with E-state index in [0.717, 1.165) is 24.1 Å². The molecule has 2 aliphatic carbocycles. The van der Waals surface area contributed by atoms with Gasteiger partial charge in [0, 0.05) is 37.1 Å². The Hall–Kier alpha value is -2.54. The minimum absolute atomic E-state index is 0. The molecule has 173 valence electrons. The molecule has 0 fully saturated rings. The maximum absolute atomic E-state index is 4.65. The summed E-state index contributed by atoms with van der Waals surface area (Å²) in [6.07, 6.45) is 4.11. The number of pyridine rings is 1. The van der Waals surface area contributed by atoms with Crippen molar-refractivity contribution in [3.63, 3.8) is 0 Å². The first-order valence-corrected chi connectivity index (χ1v) is 12.0. The number of hydrogen-bond donors (Lipinski definition) is 0. The molecule has 0 atom stereocenters. The van der Waals surface area contributed by atoms with Crippen LogP contribution in [0, 0.1) is 6.07 Å². The van der Waals surface area contributed by atoms with Gasteiger partial charge in [-0.1, -0.05) is 94.8 Å². The standard InChI is InChI=1S/C32H30N.Ir/c1-30(2)18-19-32(28-21-22(16-17-23(28)30)29-15-9-10-20-33-29)26-13-7-5-11-24(26)31(3,4)25-12-6-8-14-27(25)32;/h5-15,17,20-21H,18-19H2,1-4H3;/q-1;. The Morgan fingerprint density at radius 1 is 0.676 bits per heavy atom. The summed E-state index contributed by atoms with van der Waals surface area (Å²) in [5, 5.41) is 0. The summed E-state index contributed by atoms with van der Waals surface area (Å²) in [7, 11) is 0. The SMILES string of the molecule is CC1(C)CCC2(c3cc(-c4ccccn4)[c-]cc31)c1ccccc1C(C)(C)c1ccccc12.[Ir]. The molecule has 6 rings (SSSR count). The van der Waals surface area contributed by atoms with Gasteiger partial charge in [-0.05, 0) is 45.8 Å². The van der Waals surface area contributed by atoms with Crippen molar-refractivity contribution in [3.05, 3.63) is 125 Å². The maximum Gasteiger partial charge on any atom is 0.0293 e. The normalized spacial score (nSPS) is 18.2. The first-order valence-electron chi connectivity index (χ1n) is 12.0. The molecule has 1 spiro atoms. The van der Waals surface area contributed by atoms with Gasteiger partial charge in [-0.25, -0.2) is 0 Å². The number of benzene rings is 3. The Morgan fingerprint density at radius 3 is 1.85 bits per heavy atom. The number of fused-ring (bicyclic) bond motifs is 6. The number of hydrogen-bond acceptors (Lipinski definition) is 1. The first kappa shape index (κ1) is 23.2. The van der Waals surface area contributed by atoms with Crippen LogP contribution in [0.2, 0.25) is 0 Å². The minimum Gasteiger partial charge on any atom is -0.305 e. The molecule has 2 heteroatoms. The van der Waals surface area contributed by atoms with Crippen LogP contribution in [-0.2, 0) is 36.4 Å². The van der Waals surface area contributed by atoms with Gasteiger partial charge in [0.1, 0.15) is 0 Å². The van der Waals surface area contributed by atoms with Crippen LogP contribution in [0.15, 0.2) is 85.1 Å². The van der Waals surface area contributed by atoms with E-state index in [1.807, 2.05) is 12.3 Å². The molecular formula is C32H30IrN-. The Balaban J connectivity index is 0.00000241. The third-order valence-corrected chi connectivity index (χ3v) is 8.33. The fourth-order valence-electron chi connectivity index (χ4n) is 6.49. The molecule has 0 bridgehead atoms. The van der Waals surface area contributed by atoms with Gasteiger partial charge in [-0.3, -0.25) is 0 Å². The predicted octanol–water partition coefficient (Wildman–Crippen LogP) is 7.59. The molecule has 1 nitrogen and oxygen atoms in total. The van der Waals surface area contributed by atoms with Gasteiger partial charge in [-0.2, -0.15) is 0 Å². The van der Waals surface area contributed by atoms with E-state index < -0.39 is 0 Å². The summed E-state index contributed by atoms with van der Waals surface area (Å²) in [4.78, 5) is 4.65. The Kier molecular flexibility index (Phi) is 5.47. The Labute approximate surface area is 217 Å². The summed E-state index contributed by atoms with van der Waals surface area (Å²) < 4.78 is 0. The Bertz CT molecular complexity index is 1320. The summed E-state index contributed by atoms with van der Waals surface area (Å²) in [6.45, 7) is 9.53. The van der Waals surface area contributed by atoms with Crippen LogP contribution in [0.1, 0.15) is 73.9 Å². The van der Waals surface area contributed by atoms with E-state index >= 15 is 0 Å². The fraction of sp³-hybridized carbons (Fsp3) is 0.281. The smallest absolute Gasteiger partial charge is 0.0293 e. The molecule has 4 aromatic rings. The second kappa shape index (κ2) is 8.01. The molecule has 0 saturated heterocycles. The van der Waals surface area contributed by atoms with Crippen molar-refractivity contribution in [3.8, 4) is 11.3 Å². The van der Waals surface area contributed by atoms with Gasteiger partial charge >= 0.3 is 0 Å². The van der Waals surface area contributed by atoms with E-state index in [9.17, 15) is 0 Å². The molecule has 0 unspecified atom stereocenters. The number of nitrogens with zero attached hydrogens (tertiary/aromatic N) is 1. The molecule has 1 radical (unpaired) electrons. The second-order valence-electron chi connectivity index (χ2n) is 10.9. The molecule has 0 saturated carbocycles.